The standard InChI is InChI=1S/C22H30N2O3/c25-21(13-18-5-2-1-3-6-18)24-16-22(17-24)20(9-12-27-22)8-11-26-15-19-7-4-10-23-14-19/h4-5,7,10,14,20H,1-3,6,8-9,11-13,15-17H2. The zero-order valence-corrected chi connectivity index (χ0v) is 16.1. The van der Waals surface area contributed by atoms with Gasteiger partial charge in [0.2, 0.25) is 5.91 Å². The molecule has 0 aromatic carbocycles. The second-order valence-electron chi connectivity index (χ2n) is 8.14. The van der Waals surface area contributed by atoms with E-state index >= 15 is 0 Å². The SMILES string of the molecule is O=C(CC1=CCCCC1)N1CC2(C1)OCCC2CCOCc1cccnc1. The van der Waals surface area contributed by atoms with Crippen LogP contribution in [0.25, 0.3) is 0 Å². The molecule has 2 aliphatic heterocycles. The highest BCUT2D eigenvalue weighted by molar-refractivity contribution is 5.80. The van der Waals surface area contributed by atoms with Crippen LogP contribution in [-0.4, -0.2) is 47.7 Å². The van der Waals surface area contributed by atoms with Crippen molar-refractivity contribution in [2.24, 2.45) is 5.92 Å². The second kappa shape index (κ2) is 8.53. The van der Waals surface area contributed by atoms with Crippen molar-refractivity contribution in [3.63, 3.8) is 0 Å². The van der Waals surface area contributed by atoms with Crippen LogP contribution >= 0.6 is 0 Å². The quantitative estimate of drug-likeness (QED) is 0.545. The lowest BCUT2D eigenvalue weighted by Crippen LogP contribution is -2.66. The number of carbonyl (C=O) groups excluding carboxylic acids is 1. The minimum absolute atomic E-state index is 0.117. The molecule has 0 radical (unpaired) electrons. The number of rotatable bonds is 7. The molecule has 1 amide bonds. The predicted molar refractivity (Wildman–Crippen MR) is 103 cm³/mol. The Kier molecular flexibility index (Phi) is 5.89. The zero-order valence-electron chi connectivity index (χ0n) is 16.1. The molecule has 1 aromatic heterocycles. The Morgan fingerprint density at radius 3 is 3.07 bits per heavy atom. The summed E-state index contributed by atoms with van der Waals surface area (Å²) < 4.78 is 11.9. The number of allylic oxidation sites excluding steroid dienone is 1. The van der Waals surface area contributed by atoms with Gasteiger partial charge in [0, 0.05) is 32.0 Å². The summed E-state index contributed by atoms with van der Waals surface area (Å²) >= 11 is 0. The highest BCUT2D eigenvalue weighted by atomic mass is 16.5. The first-order chi connectivity index (χ1) is 13.3. The van der Waals surface area contributed by atoms with E-state index in [2.05, 4.69) is 11.1 Å². The van der Waals surface area contributed by atoms with Gasteiger partial charge >= 0.3 is 0 Å². The number of carbonyl (C=O) groups is 1. The second-order valence-corrected chi connectivity index (χ2v) is 8.14. The van der Waals surface area contributed by atoms with E-state index in [1.807, 2.05) is 23.2 Å². The van der Waals surface area contributed by atoms with E-state index < -0.39 is 0 Å². The summed E-state index contributed by atoms with van der Waals surface area (Å²) in [5, 5.41) is 0. The van der Waals surface area contributed by atoms with Gasteiger partial charge in [-0.3, -0.25) is 9.78 Å². The molecule has 0 bridgehead atoms. The maximum Gasteiger partial charge on any atom is 0.226 e. The topological polar surface area (TPSA) is 51.7 Å². The number of hydrogen-bond donors (Lipinski definition) is 0. The molecule has 0 saturated carbocycles. The molecule has 1 aliphatic carbocycles. The van der Waals surface area contributed by atoms with Crippen molar-refractivity contribution >= 4 is 5.91 Å². The highest BCUT2D eigenvalue weighted by Crippen LogP contribution is 2.42. The maximum absolute atomic E-state index is 12.6. The van der Waals surface area contributed by atoms with Gasteiger partial charge in [-0.05, 0) is 56.1 Å². The van der Waals surface area contributed by atoms with E-state index in [1.54, 1.807) is 6.20 Å². The predicted octanol–water partition coefficient (Wildman–Crippen LogP) is 3.50. The molecule has 2 fully saturated rings. The van der Waals surface area contributed by atoms with Crippen molar-refractivity contribution in [3.05, 3.63) is 41.7 Å². The zero-order chi connectivity index (χ0) is 18.5. The van der Waals surface area contributed by atoms with Crippen LogP contribution < -0.4 is 0 Å². The Hall–Kier alpha value is -1.72. The molecule has 5 heteroatoms. The fourth-order valence-corrected chi connectivity index (χ4v) is 4.59. The highest BCUT2D eigenvalue weighted by Gasteiger charge is 2.53. The van der Waals surface area contributed by atoms with Gasteiger partial charge in [-0.25, -0.2) is 0 Å². The molecule has 27 heavy (non-hydrogen) atoms. The molecule has 3 heterocycles. The molecule has 1 atom stereocenters. The summed E-state index contributed by atoms with van der Waals surface area (Å²) in [4.78, 5) is 18.7. The number of hydrogen-bond acceptors (Lipinski definition) is 4. The number of aromatic nitrogens is 1. The van der Waals surface area contributed by atoms with Crippen LogP contribution in [0.15, 0.2) is 36.2 Å². The van der Waals surface area contributed by atoms with Crippen LogP contribution in [0.3, 0.4) is 0 Å². The largest absolute Gasteiger partial charge is 0.377 e. The van der Waals surface area contributed by atoms with Crippen molar-refractivity contribution in [2.45, 2.75) is 57.2 Å². The average Bonchev–Trinajstić information content (AvgIpc) is 3.10. The molecule has 4 rings (SSSR count). The summed E-state index contributed by atoms with van der Waals surface area (Å²) in [6.45, 7) is 3.65. The fraction of sp³-hybridized carbons (Fsp3) is 0.636. The monoisotopic (exact) mass is 370 g/mol. The van der Waals surface area contributed by atoms with Crippen LogP contribution in [0.2, 0.25) is 0 Å². The minimum Gasteiger partial charge on any atom is -0.377 e. The number of likely N-dealkylation sites (tertiary alicyclic amines) is 1. The molecule has 5 nitrogen and oxygen atoms in total. The Balaban J connectivity index is 1.21. The first-order valence-corrected chi connectivity index (χ1v) is 10.3. The van der Waals surface area contributed by atoms with E-state index in [-0.39, 0.29) is 11.5 Å². The molecule has 0 N–H and O–H groups in total. The molecule has 2 saturated heterocycles. The third kappa shape index (κ3) is 4.41. The van der Waals surface area contributed by atoms with Crippen molar-refractivity contribution < 1.29 is 14.3 Å². The van der Waals surface area contributed by atoms with Gasteiger partial charge < -0.3 is 14.4 Å². The summed E-state index contributed by atoms with van der Waals surface area (Å²) in [7, 11) is 0. The van der Waals surface area contributed by atoms with E-state index in [4.69, 9.17) is 9.47 Å². The lowest BCUT2D eigenvalue weighted by Gasteiger charge is -2.50. The van der Waals surface area contributed by atoms with Crippen LogP contribution in [0.1, 0.15) is 50.5 Å². The van der Waals surface area contributed by atoms with Crippen molar-refractivity contribution in [2.75, 3.05) is 26.3 Å². The van der Waals surface area contributed by atoms with Gasteiger partial charge in [0.15, 0.2) is 0 Å². The Morgan fingerprint density at radius 2 is 2.30 bits per heavy atom. The van der Waals surface area contributed by atoms with E-state index in [0.29, 0.717) is 18.9 Å². The number of pyridine rings is 1. The summed E-state index contributed by atoms with van der Waals surface area (Å²) in [5.74, 6) is 0.764. The van der Waals surface area contributed by atoms with Crippen LogP contribution in [0, 0.1) is 5.92 Å². The molecule has 1 unspecified atom stereocenters. The first kappa shape index (κ1) is 18.6. The van der Waals surface area contributed by atoms with Gasteiger partial charge in [-0.1, -0.05) is 17.7 Å². The van der Waals surface area contributed by atoms with Crippen LogP contribution in [0.4, 0.5) is 0 Å². The van der Waals surface area contributed by atoms with E-state index in [0.717, 1.165) is 57.6 Å². The average molecular weight is 370 g/mol. The number of nitrogens with zero attached hydrogens (tertiary/aromatic N) is 2. The molecular formula is C22H30N2O3. The number of ether oxygens (including phenoxy) is 2. The summed E-state index contributed by atoms with van der Waals surface area (Å²) in [6, 6.07) is 3.96. The minimum atomic E-state index is -0.117. The number of amides is 1. The summed E-state index contributed by atoms with van der Waals surface area (Å²) in [6.07, 6.45) is 13.3. The van der Waals surface area contributed by atoms with Crippen molar-refractivity contribution in [1.29, 1.82) is 0 Å². The van der Waals surface area contributed by atoms with E-state index in [1.165, 1.54) is 18.4 Å². The van der Waals surface area contributed by atoms with Crippen LogP contribution in [-0.2, 0) is 20.9 Å². The molecule has 1 aromatic rings. The first-order valence-electron chi connectivity index (χ1n) is 10.3. The molecule has 1 spiro atoms. The lowest BCUT2D eigenvalue weighted by molar-refractivity contribution is -0.165. The molecular weight excluding hydrogens is 340 g/mol. The van der Waals surface area contributed by atoms with E-state index in [9.17, 15) is 4.79 Å². The van der Waals surface area contributed by atoms with Crippen molar-refractivity contribution in [3.8, 4) is 0 Å². The third-order valence-corrected chi connectivity index (χ3v) is 6.24. The summed E-state index contributed by atoms with van der Waals surface area (Å²) in [5.41, 5.74) is 2.32. The maximum atomic E-state index is 12.6. The van der Waals surface area contributed by atoms with Gasteiger partial charge in [0.25, 0.3) is 0 Å². The Labute approximate surface area is 161 Å². The van der Waals surface area contributed by atoms with Gasteiger partial charge in [-0.15, -0.1) is 0 Å². The van der Waals surface area contributed by atoms with Gasteiger partial charge in [-0.2, -0.15) is 0 Å². The normalized spacial score (nSPS) is 23.9. The lowest BCUT2D eigenvalue weighted by atomic mass is 9.78. The molecule has 146 valence electrons. The van der Waals surface area contributed by atoms with Gasteiger partial charge in [0.1, 0.15) is 5.60 Å². The smallest absolute Gasteiger partial charge is 0.226 e. The van der Waals surface area contributed by atoms with Gasteiger partial charge in [0.05, 0.1) is 19.7 Å². The van der Waals surface area contributed by atoms with Crippen molar-refractivity contribution in [1.82, 2.24) is 9.88 Å². The van der Waals surface area contributed by atoms with Crippen LogP contribution in [0.5, 0.6) is 0 Å². The molecule has 3 aliphatic rings. The fourth-order valence-electron chi connectivity index (χ4n) is 4.59. The Morgan fingerprint density at radius 1 is 1.37 bits per heavy atom. The Bertz CT molecular complexity index is 667. The third-order valence-electron chi connectivity index (χ3n) is 6.24.